The van der Waals surface area contributed by atoms with Crippen LogP contribution in [-0.2, 0) is 14.2 Å². The van der Waals surface area contributed by atoms with Crippen LogP contribution in [0.25, 0.3) is 6.08 Å². The van der Waals surface area contributed by atoms with E-state index in [1.165, 1.54) is 16.0 Å². The summed E-state index contributed by atoms with van der Waals surface area (Å²) in [5, 5.41) is 21.1. The minimum absolute atomic E-state index is 0.128. The van der Waals surface area contributed by atoms with Crippen LogP contribution in [0, 0.1) is 17.8 Å². The second kappa shape index (κ2) is 11.9. The van der Waals surface area contributed by atoms with Crippen LogP contribution < -0.4 is 4.90 Å². The van der Waals surface area contributed by atoms with Crippen molar-refractivity contribution >= 4 is 30.7 Å². The van der Waals surface area contributed by atoms with Crippen LogP contribution in [0.15, 0.2) is 71.3 Å². The molecule has 2 N–H and O–H groups in total. The summed E-state index contributed by atoms with van der Waals surface area (Å²) in [5.41, 5.74) is 4.98. The van der Waals surface area contributed by atoms with Gasteiger partial charge in [-0.3, -0.25) is 14.5 Å². The van der Waals surface area contributed by atoms with Gasteiger partial charge in [-0.25, -0.2) is 0 Å². The molecule has 39 heavy (non-hydrogen) atoms. The highest BCUT2D eigenvalue weighted by atomic mass is 16.5. The Morgan fingerprint density at radius 1 is 1.00 bits per heavy atom. The Morgan fingerprint density at radius 3 is 2.46 bits per heavy atom. The van der Waals surface area contributed by atoms with Crippen molar-refractivity contribution in [2.45, 2.75) is 71.2 Å². The molecule has 2 fully saturated rings. The highest BCUT2D eigenvalue weighted by Crippen LogP contribution is 2.52. The topological polar surface area (TPSA) is 87.1 Å². The van der Waals surface area contributed by atoms with Crippen molar-refractivity contribution in [1.29, 1.82) is 0 Å². The lowest BCUT2D eigenvalue weighted by Gasteiger charge is -2.43. The monoisotopic (exact) mass is 527 g/mol. The fraction of sp³-hybridized carbons (Fsp3) is 0.438. The summed E-state index contributed by atoms with van der Waals surface area (Å²) in [4.78, 5) is 28.8. The smallest absolute Gasteiger partial charge is 0.455 e. The van der Waals surface area contributed by atoms with Crippen LogP contribution in [-0.4, -0.2) is 35.2 Å². The average Bonchev–Trinajstić information content (AvgIpc) is 3.18. The van der Waals surface area contributed by atoms with Crippen LogP contribution in [0.3, 0.4) is 0 Å². The van der Waals surface area contributed by atoms with E-state index >= 15 is 0 Å². The van der Waals surface area contributed by atoms with Gasteiger partial charge in [-0.2, -0.15) is 0 Å². The van der Waals surface area contributed by atoms with Gasteiger partial charge in [0.25, 0.3) is 0 Å². The number of allylic oxidation sites excluding steroid dienone is 2. The van der Waals surface area contributed by atoms with Crippen molar-refractivity contribution in [3.63, 3.8) is 0 Å². The molecule has 2 aromatic carbocycles. The number of carbonyl (C=O) groups excluding carboxylic acids is 2. The number of fused-ring (bicyclic) bond motifs is 3. The van der Waals surface area contributed by atoms with Crippen LogP contribution in [0.1, 0.15) is 64.4 Å². The first-order chi connectivity index (χ1) is 18.9. The summed E-state index contributed by atoms with van der Waals surface area (Å²) in [6.07, 6.45) is 7.77. The Hall–Kier alpha value is -3.16. The van der Waals surface area contributed by atoms with Gasteiger partial charge in [0.2, 0.25) is 11.8 Å². The normalized spacial score (nSPS) is 25.3. The van der Waals surface area contributed by atoms with E-state index in [1.807, 2.05) is 48.5 Å². The van der Waals surface area contributed by atoms with Gasteiger partial charge in [0.1, 0.15) is 5.75 Å². The van der Waals surface area contributed by atoms with Crippen molar-refractivity contribution in [3.8, 4) is 5.75 Å². The molecule has 2 saturated heterocycles. The van der Waals surface area contributed by atoms with Gasteiger partial charge in [0.15, 0.2) is 0 Å². The number of aromatic hydroxyl groups is 1. The molecule has 0 unspecified atom stereocenters. The van der Waals surface area contributed by atoms with Crippen molar-refractivity contribution in [1.82, 2.24) is 0 Å². The van der Waals surface area contributed by atoms with E-state index in [2.05, 4.69) is 19.9 Å². The number of rotatable bonds is 9. The van der Waals surface area contributed by atoms with E-state index in [9.17, 15) is 19.7 Å². The molecular weight excluding hydrogens is 489 g/mol. The summed E-state index contributed by atoms with van der Waals surface area (Å²) in [7, 11) is -0.976. The Balaban J connectivity index is 1.45. The Kier molecular flexibility index (Phi) is 8.38. The molecule has 2 heterocycles. The number of amides is 2. The minimum Gasteiger partial charge on any atom is -0.507 e. The largest absolute Gasteiger partial charge is 0.507 e. The van der Waals surface area contributed by atoms with Crippen molar-refractivity contribution in [2.75, 3.05) is 4.90 Å². The van der Waals surface area contributed by atoms with Crippen LogP contribution in [0.5, 0.6) is 5.75 Å². The first-order valence-electron chi connectivity index (χ1n) is 14.4. The van der Waals surface area contributed by atoms with Crippen LogP contribution in [0.2, 0.25) is 6.32 Å². The lowest BCUT2D eigenvalue weighted by Crippen LogP contribution is -2.46. The maximum Gasteiger partial charge on any atom is 0.455 e. The molecular formula is C32H38BNO5. The molecule has 0 aromatic heterocycles. The zero-order valence-electron chi connectivity index (χ0n) is 22.9. The summed E-state index contributed by atoms with van der Waals surface area (Å²) < 4.78 is 6.17. The standard InChI is InChI=1S/C32H38BNO5/c1-3-10-21(18-22-12-8-9-15-27(22)35)16-17-28-29-23(11-4-2)19-25-30(26(29)20-33(38)39-28)32(37)34(31(25)36)24-13-6-5-7-14-24/h5-9,12-15,18,25-26,28,30,35,38H,3-4,10-11,16-17,19-20H2,1-2H3/b21-18+/t25-,26+,28-,30-/m1/s1. The van der Waals surface area contributed by atoms with Crippen molar-refractivity contribution < 1.29 is 24.4 Å². The molecule has 2 aliphatic heterocycles. The third-order valence-corrected chi connectivity index (χ3v) is 8.47. The molecule has 2 aromatic rings. The molecule has 0 radical (unpaired) electrons. The molecule has 3 aliphatic rings. The number of phenols is 1. The molecule has 204 valence electrons. The molecule has 5 rings (SSSR count). The van der Waals surface area contributed by atoms with E-state index in [4.69, 9.17) is 4.65 Å². The first kappa shape index (κ1) is 27.4. The third-order valence-electron chi connectivity index (χ3n) is 8.47. The number of hydrogen-bond donors (Lipinski definition) is 2. The molecule has 0 saturated carbocycles. The lowest BCUT2D eigenvalue weighted by molar-refractivity contribution is -0.122. The number of imide groups is 1. The SMILES string of the molecule is CCCC1=C2[C@@H](CC/C(=C/c3ccccc3O)CCC)OB(O)C[C@@H]2[C@@H]2C(=O)N(c3ccccc3)C(=O)[C@@H]2C1. The van der Waals surface area contributed by atoms with Crippen LogP contribution in [0.4, 0.5) is 5.69 Å². The summed E-state index contributed by atoms with van der Waals surface area (Å²) in [5.74, 6) is -1.10. The highest BCUT2D eigenvalue weighted by Gasteiger charge is 2.57. The zero-order chi connectivity index (χ0) is 27.5. The first-order valence-corrected chi connectivity index (χ1v) is 14.4. The molecule has 2 amide bonds. The van der Waals surface area contributed by atoms with Crippen molar-refractivity contribution in [3.05, 3.63) is 76.9 Å². The molecule has 7 heteroatoms. The number of benzene rings is 2. The molecule has 4 atom stereocenters. The van der Waals surface area contributed by atoms with Gasteiger partial charge in [-0.05, 0) is 68.1 Å². The summed E-state index contributed by atoms with van der Waals surface area (Å²) >= 11 is 0. The second-order valence-electron chi connectivity index (χ2n) is 11.1. The van der Waals surface area contributed by atoms with E-state index in [0.717, 1.165) is 43.2 Å². The fourth-order valence-electron chi connectivity index (χ4n) is 6.87. The number of anilines is 1. The maximum atomic E-state index is 13.8. The van der Waals surface area contributed by atoms with E-state index in [1.54, 1.807) is 6.07 Å². The minimum atomic E-state index is -0.976. The molecule has 6 nitrogen and oxygen atoms in total. The number of carbonyl (C=O) groups is 2. The molecule has 0 spiro atoms. The molecule has 1 aliphatic carbocycles. The van der Waals surface area contributed by atoms with Gasteiger partial charge in [-0.1, -0.05) is 80.3 Å². The highest BCUT2D eigenvalue weighted by molar-refractivity contribution is 6.43. The van der Waals surface area contributed by atoms with Crippen LogP contribution >= 0.6 is 0 Å². The van der Waals surface area contributed by atoms with Gasteiger partial charge < -0.3 is 14.8 Å². The number of hydrogen-bond acceptors (Lipinski definition) is 5. The third kappa shape index (κ3) is 5.48. The Labute approximate surface area is 231 Å². The number of para-hydroxylation sites is 2. The fourth-order valence-corrected chi connectivity index (χ4v) is 6.87. The second-order valence-corrected chi connectivity index (χ2v) is 11.1. The van der Waals surface area contributed by atoms with E-state index in [-0.39, 0.29) is 29.6 Å². The average molecular weight is 527 g/mol. The van der Waals surface area contributed by atoms with E-state index in [0.29, 0.717) is 24.8 Å². The van der Waals surface area contributed by atoms with Gasteiger partial charge in [0.05, 0.1) is 23.6 Å². The summed E-state index contributed by atoms with van der Waals surface area (Å²) in [6.45, 7) is 4.27. The zero-order valence-corrected chi connectivity index (χ0v) is 22.9. The van der Waals surface area contributed by atoms with Gasteiger partial charge in [-0.15, -0.1) is 0 Å². The predicted molar refractivity (Wildman–Crippen MR) is 154 cm³/mol. The number of nitrogens with zero attached hydrogens (tertiary/aromatic N) is 1. The maximum absolute atomic E-state index is 13.8. The summed E-state index contributed by atoms with van der Waals surface area (Å²) in [6, 6.07) is 16.5. The quantitative estimate of drug-likeness (QED) is 0.232. The Bertz CT molecular complexity index is 1270. The van der Waals surface area contributed by atoms with Crippen molar-refractivity contribution in [2.24, 2.45) is 17.8 Å². The molecule has 0 bridgehead atoms. The van der Waals surface area contributed by atoms with Gasteiger partial charge >= 0.3 is 7.12 Å². The lowest BCUT2D eigenvalue weighted by atomic mass is 9.58. The number of phenolic OH excluding ortho intramolecular Hbond substituents is 1. The van der Waals surface area contributed by atoms with Gasteiger partial charge in [0, 0.05) is 5.56 Å². The van der Waals surface area contributed by atoms with E-state index < -0.39 is 19.0 Å². The predicted octanol–water partition coefficient (Wildman–Crippen LogP) is 6.16. The Morgan fingerprint density at radius 2 is 1.74 bits per heavy atom.